The van der Waals surface area contributed by atoms with Crippen molar-refractivity contribution in [3.8, 4) is 22.6 Å². The molecule has 2 heterocycles. The molecule has 5 nitrogen and oxygen atoms in total. The summed E-state index contributed by atoms with van der Waals surface area (Å²) in [7, 11) is 0. The average molecular weight is 447 g/mol. The molecule has 4 rings (SSSR count). The minimum Gasteiger partial charge on any atom is -0.351 e. The van der Waals surface area contributed by atoms with Crippen LogP contribution in [0.2, 0.25) is 0 Å². The first-order valence-electron chi connectivity index (χ1n) is 10.8. The third kappa shape index (κ3) is 5.26. The molecule has 0 spiro atoms. The van der Waals surface area contributed by atoms with Gasteiger partial charge in [0.25, 0.3) is 0 Å². The molecule has 32 heavy (non-hydrogen) atoms. The molecule has 0 amide bonds. The molecule has 9 heteroatoms. The highest BCUT2D eigenvalue weighted by molar-refractivity contribution is 5.77. The minimum atomic E-state index is -4.43. The summed E-state index contributed by atoms with van der Waals surface area (Å²) in [6.45, 7) is 0.881. The van der Waals surface area contributed by atoms with Gasteiger partial charge in [0.1, 0.15) is 12.4 Å². The maximum absolute atomic E-state index is 13.4. The van der Waals surface area contributed by atoms with Crippen LogP contribution in [-0.4, -0.2) is 31.7 Å². The van der Waals surface area contributed by atoms with Gasteiger partial charge in [-0.3, -0.25) is 0 Å². The van der Waals surface area contributed by atoms with E-state index in [9.17, 15) is 17.6 Å². The van der Waals surface area contributed by atoms with Gasteiger partial charge in [-0.25, -0.2) is 19.3 Å². The lowest BCUT2D eigenvalue weighted by Crippen LogP contribution is -2.28. The molecule has 1 N–H and O–H groups in total. The molecule has 1 aliphatic carbocycles. The van der Waals surface area contributed by atoms with Crippen molar-refractivity contribution in [2.24, 2.45) is 5.92 Å². The van der Waals surface area contributed by atoms with Crippen LogP contribution in [0.15, 0.2) is 42.9 Å². The Kier molecular flexibility index (Phi) is 6.43. The number of anilines is 1. The van der Waals surface area contributed by atoms with E-state index in [-0.39, 0.29) is 11.7 Å². The number of benzene rings is 1. The summed E-state index contributed by atoms with van der Waals surface area (Å²) in [6.07, 6.45) is 4.18. The van der Waals surface area contributed by atoms with Crippen molar-refractivity contribution in [3.05, 3.63) is 48.7 Å². The van der Waals surface area contributed by atoms with Crippen LogP contribution >= 0.6 is 0 Å². The number of hydrogen-bond acceptors (Lipinski definition) is 4. The topological polar surface area (TPSA) is 55.6 Å². The van der Waals surface area contributed by atoms with Gasteiger partial charge in [-0.15, -0.1) is 0 Å². The molecule has 1 aromatic carbocycles. The zero-order valence-electron chi connectivity index (χ0n) is 17.7. The molecule has 1 atom stereocenters. The highest BCUT2D eigenvalue weighted by atomic mass is 19.4. The van der Waals surface area contributed by atoms with E-state index in [1.165, 1.54) is 49.7 Å². The minimum absolute atomic E-state index is 0.155. The van der Waals surface area contributed by atoms with E-state index < -0.39 is 18.5 Å². The Balaban J connectivity index is 1.69. The normalized spacial score (nSPS) is 16.2. The molecule has 1 fully saturated rings. The van der Waals surface area contributed by atoms with Crippen LogP contribution in [0.1, 0.15) is 39.0 Å². The van der Waals surface area contributed by atoms with Gasteiger partial charge >= 0.3 is 6.18 Å². The number of imidazole rings is 1. The van der Waals surface area contributed by atoms with Crippen molar-refractivity contribution in [3.63, 3.8) is 0 Å². The number of aromatic nitrogens is 4. The van der Waals surface area contributed by atoms with Gasteiger partial charge in [-0.1, -0.05) is 19.3 Å². The summed E-state index contributed by atoms with van der Waals surface area (Å²) >= 11 is 0. The summed E-state index contributed by atoms with van der Waals surface area (Å²) in [6, 6.07) is 7.20. The Morgan fingerprint density at radius 1 is 1.06 bits per heavy atom. The zero-order valence-corrected chi connectivity index (χ0v) is 17.7. The Hall–Kier alpha value is -2.97. The summed E-state index contributed by atoms with van der Waals surface area (Å²) in [5.74, 6) is 0.446. The molecule has 0 bridgehead atoms. The molecule has 0 radical (unpaired) electrons. The molecule has 0 unspecified atom stereocenters. The first kappa shape index (κ1) is 22.2. The molecule has 1 aliphatic rings. The maximum atomic E-state index is 13.4. The Morgan fingerprint density at radius 3 is 2.47 bits per heavy atom. The maximum Gasteiger partial charge on any atom is 0.406 e. The van der Waals surface area contributed by atoms with E-state index in [1.807, 2.05) is 0 Å². The smallest absolute Gasteiger partial charge is 0.351 e. The number of hydrogen-bond donors (Lipinski definition) is 1. The predicted molar refractivity (Wildman–Crippen MR) is 114 cm³/mol. The van der Waals surface area contributed by atoms with Crippen LogP contribution in [-0.2, 0) is 6.54 Å². The van der Waals surface area contributed by atoms with Crippen LogP contribution in [0.3, 0.4) is 0 Å². The second-order valence-corrected chi connectivity index (χ2v) is 8.29. The number of halogens is 4. The van der Waals surface area contributed by atoms with E-state index in [4.69, 9.17) is 0 Å². The van der Waals surface area contributed by atoms with E-state index in [2.05, 4.69) is 27.2 Å². The fraction of sp³-hybridized carbons (Fsp3) is 0.435. The van der Waals surface area contributed by atoms with Crippen LogP contribution in [0.5, 0.6) is 0 Å². The quantitative estimate of drug-likeness (QED) is 0.465. The lowest BCUT2D eigenvalue weighted by Gasteiger charge is -2.28. The molecular weight excluding hydrogens is 422 g/mol. The summed E-state index contributed by atoms with van der Waals surface area (Å²) in [5, 5.41) is 3.32. The van der Waals surface area contributed by atoms with E-state index in [1.54, 1.807) is 6.07 Å². The highest BCUT2D eigenvalue weighted by Crippen LogP contribution is 2.33. The average Bonchev–Trinajstić information content (AvgIpc) is 3.17. The number of rotatable bonds is 6. The van der Waals surface area contributed by atoms with E-state index >= 15 is 0 Å². The number of nitrogens with zero attached hydrogens (tertiary/aromatic N) is 4. The molecular formula is C23H25F4N5. The zero-order chi connectivity index (χ0) is 22.7. The first-order valence-corrected chi connectivity index (χ1v) is 10.8. The van der Waals surface area contributed by atoms with Crippen molar-refractivity contribution in [2.45, 2.75) is 57.8 Å². The summed E-state index contributed by atoms with van der Waals surface area (Å²) in [4.78, 5) is 13.0. The third-order valence-corrected chi connectivity index (χ3v) is 5.92. The fourth-order valence-electron chi connectivity index (χ4n) is 4.30. The lowest BCUT2D eigenvalue weighted by molar-refractivity contribution is -0.140. The first-order chi connectivity index (χ1) is 15.3. The largest absolute Gasteiger partial charge is 0.406 e. The Labute approximate surface area is 183 Å². The molecule has 170 valence electrons. The molecule has 3 aromatic rings. The van der Waals surface area contributed by atoms with Gasteiger partial charge in [0.2, 0.25) is 5.95 Å². The van der Waals surface area contributed by atoms with Gasteiger partial charge in [0.15, 0.2) is 0 Å². The number of nitrogens with one attached hydrogen (secondary N) is 1. The van der Waals surface area contributed by atoms with Crippen LogP contribution in [0.4, 0.5) is 23.5 Å². The van der Waals surface area contributed by atoms with Crippen molar-refractivity contribution >= 4 is 5.95 Å². The Morgan fingerprint density at radius 2 is 1.78 bits per heavy atom. The predicted octanol–water partition coefficient (Wildman–Crippen LogP) is 6.09. The molecule has 0 aliphatic heterocycles. The van der Waals surface area contributed by atoms with Gasteiger partial charge in [0, 0.05) is 17.8 Å². The number of alkyl halides is 3. The van der Waals surface area contributed by atoms with Crippen molar-refractivity contribution in [1.29, 1.82) is 0 Å². The van der Waals surface area contributed by atoms with Crippen LogP contribution < -0.4 is 5.32 Å². The van der Waals surface area contributed by atoms with E-state index in [0.717, 1.165) is 23.7 Å². The van der Waals surface area contributed by atoms with Crippen LogP contribution in [0.25, 0.3) is 22.6 Å². The highest BCUT2D eigenvalue weighted by Gasteiger charge is 2.31. The Bertz CT molecular complexity index is 1040. The summed E-state index contributed by atoms with van der Waals surface area (Å²) in [5.41, 5.74) is 1.34. The second kappa shape index (κ2) is 9.26. The van der Waals surface area contributed by atoms with Crippen LogP contribution in [0, 0.1) is 11.7 Å². The standard InChI is InChI=1S/C23H25F4N5/c1-15(16-5-3-2-4-6-16)30-22-28-12-11-19(31-22)21-20(17-7-9-18(24)10-8-17)29-14-32(21)13-23(25,26)27/h7-12,14-16H,2-6,13H2,1H3,(H,28,30,31)/t15-/m1/s1. The van der Waals surface area contributed by atoms with Crippen molar-refractivity contribution in [1.82, 2.24) is 19.5 Å². The fourth-order valence-corrected chi connectivity index (χ4v) is 4.30. The van der Waals surface area contributed by atoms with Crippen molar-refractivity contribution < 1.29 is 17.6 Å². The van der Waals surface area contributed by atoms with Gasteiger partial charge in [0.05, 0.1) is 23.4 Å². The monoisotopic (exact) mass is 447 g/mol. The third-order valence-electron chi connectivity index (χ3n) is 5.92. The van der Waals surface area contributed by atoms with Crippen molar-refractivity contribution in [2.75, 3.05) is 5.32 Å². The summed E-state index contributed by atoms with van der Waals surface area (Å²) < 4.78 is 54.0. The van der Waals surface area contributed by atoms with Gasteiger partial charge < -0.3 is 9.88 Å². The molecule has 0 saturated heterocycles. The lowest BCUT2D eigenvalue weighted by atomic mass is 9.85. The molecule has 1 saturated carbocycles. The van der Waals surface area contributed by atoms with Gasteiger partial charge in [-0.05, 0) is 56.0 Å². The molecule has 2 aromatic heterocycles. The van der Waals surface area contributed by atoms with Gasteiger partial charge in [-0.2, -0.15) is 13.2 Å². The second-order valence-electron chi connectivity index (χ2n) is 8.29. The van der Waals surface area contributed by atoms with E-state index in [0.29, 0.717) is 28.8 Å². The SMILES string of the molecule is C[C@@H](Nc1nccc(-c2c(-c3ccc(F)cc3)ncn2CC(F)(F)F)n1)C1CCCCC1.